The lowest BCUT2D eigenvalue weighted by Crippen LogP contribution is -2.14. The molecule has 14 heavy (non-hydrogen) atoms. The number of rotatable bonds is 1. The highest BCUT2D eigenvalue weighted by molar-refractivity contribution is 5.99. The molecule has 0 N–H and O–H groups in total. The summed E-state index contributed by atoms with van der Waals surface area (Å²) in [5.74, 6) is 0.301. The van der Waals surface area contributed by atoms with E-state index in [1.165, 1.54) is 5.56 Å². The highest BCUT2D eigenvalue weighted by Crippen LogP contribution is 2.25. The maximum absolute atomic E-state index is 11.6. The van der Waals surface area contributed by atoms with Crippen molar-refractivity contribution in [1.29, 1.82) is 0 Å². The van der Waals surface area contributed by atoms with Gasteiger partial charge in [-0.25, -0.2) is 0 Å². The first kappa shape index (κ1) is 9.25. The van der Waals surface area contributed by atoms with Crippen molar-refractivity contribution in [1.82, 2.24) is 0 Å². The number of Topliss-reactive ketones (excluding diaryl/α,β-unsaturated/α-hetero) is 1. The Bertz CT molecular complexity index is 369. The first-order valence-electron chi connectivity index (χ1n) is 5.02. The van der Waals surface area contributed by atoms with Crippen LogP contribution in [0.25, 0.3) is 0 Å². The monoisotopic (exact) mass is 189 g/mol. The van der Waals surface area contributed by atoms with Crippen LogP contribution in [0.3, 0.4) is 0 Å². The van der Waals surface area contributed by atoms with Crippen LogP contribution in [0.15, 0.2) is 18.2 Å². The Morgan fingerprint density at radius 3 is 2.71 bits per heavy atom. The summed E-state index contributed by atoms with van der Waals surface area (Å²) >= 11 is 0. The number of anilines is 1. The van der Waals surface area contributed by atoms with E-state index in [9.17, 15) is 4.79 Å². The Morgan fingerprint density at radius 2 is 2.00 bits per heavy atom. The molecule has 0 saturated carbocycles. The molecule has 1 aromatic carbocycles. The quantitative estimate of drug-likeness (QED) is 0.675. The van der Waals surface area contributed by atoms with Crippen LogP contribution < -0.4 is 4.90 Å². The molecule has 2 nitrogen and oxygen atoms in total. The third kappa shape index (κ3) is 1.52. The predicted octanol–water partition coefficient (Wildman–Crippen LogP) is 2.27. The summed E-state index contributed by atoms with van der Waals surface area (Å²) in [5, 5.41) is 0. The van der Waals surface area contributed by atoms with Gasteiger partial charge in [0.25, 0.3) is 0 Å². The summed E-state index contributed by atoms with van der Waals surface area (Å²) in [5.41, 5.74) is 3.26. The van der Waals surface area contributed by atoms with E-state index in [1.54, 1.807) is 0 Å². The highest BCUT2D eigenvalue weighted by atomic mass is 16.1. The van der Waals surface area contributed by atoms with Gasteiger partial charge < -0.3 is 4.90 Å². The van der Waals surface area contributed by atoms with Crippen LogP contribution in [0.5, 0.6) is 0 Å². The molecule has 1 aliphatic rings. The van der Waals surface area contributed by atoms with Crippen molar-refractivity contribution < 1.29 is 4.79 Å². The standard InChI is InChI=1S/C12H15NO/c1-13(2)10-7-6-9-4-3-5-12(14)11(9)8-10/h6-8H,3-5H2,1-2H3. The van der Waals surface area contributed by atoms with Gasteiger partial charge in [-0.1, -0.05) is 6.07 Å². The molecule has 1 aromatic rings. The average Bonchev–Trinajstić information content (AvgIpc) is 2.18. The SMILES string of the molecule is CN(C)c1ccc2c(c1)C(=O)CCC2. The van der Waals surface area contributed by atoms with E-state index in [1.807, 2.05) is 25.1 Å². The van der Waals surface area contributed by atoms with Crippen molar-refractivity contribution >= 4 is 11.5 Å². The summed E-state index contributed by atoms with van der Waals surface area (Å²) in [6, 6.07) is 6.18. The van der Waals surface area contributed by atoms with E-state index in [0.717, 1.165) is 24.1 Å². The fraction of sp³-hybridized carbons (Fsp3) is 0.417. The molecular weight excluding hydrogens is 174 g/mol. The maximum atomic E-state index is 11.6. The Labute approximate surface area is 84.5 Å². The molecule has 0 bridgehead atoms. The van der Waals surface area contributed by atoms with Crippen LogP contribution in [0.2, 0.25) is 0 Å². The maximum Gasteiger partial charge on any atom is 0.163 e. The Hall–Kier alpha value is -1.31. The van der Waals surface area contributed by atoms with Gasteiger partial charge in [-0.3, -0.25) is 4.79 Å². The number of benzene rings is 1. The van der Waals surface area contributed by atoms with Gasteiger partial charge in [-0.05, 0) is 30.5 Å². The minimum atomic E-state index is 0.301. The average molecular weight is 189 g/mol. The van der Waals surface area contributed by atoms with Crippen LogP contribution in [-0.4, -0.2) is 19.9 Å². The van der Waals surface area contributed by atoms with Gasteiger partial charge in [0.2, 0.25) is 0 Å². The van der Waals surface area contributed by atoms with Gasteiger partial charge in [-0.15, -0.1) is 0 Å². The van der Waals surface area contributed by atoms with Gasteiger partial charge in [0, 0.05) is 31.8 Å². The molecule has 1 aliphatic carbocycles. The number of nitrogens with zero attached hydrogens (tertiary/aromatic N) is 1. The second kappa shape index (κ2) is 3.45. The molecule has 0 radical (unpaired) electrons. The number of hydrogen-bond acceptors (Lipinski definition) is 2. The molecule has 0 aliphatic heterocycles. The largest absolute Gasteiger partial charge is 0.378 e. The number of hydrogen-bond donors (Lipinski definition) is 0. The van der Waals surface area contributed by atoms with E-state index in [0.29, 0.717) is 12.2 Å². The Morgan fingerprint density at radius 1 is 1.21 bits per heavy atom. The zero-order chi connectivity index (χ0) is 10.1. The predicted molar refractivity (Wildman–Crippen MR) is 58.0 cm³/mol. The van der Waals surface area contributed by atoms with Gasteiger partial charge in [0.05, 0.1) is 0 Å². The first-order chi connectivity index (χ1) is 6.68. The molecule has 2 heteroatoms. The molecule has 0 spiro atoms. The molecule has 74 valence electrons. The number of ketones is 1. The lowest BCUT2D eigenvalue weighted by Gasteiger charge is -2.18. The molecule has 0 unspecified atom stereocenters. The molecule has 0 amide bonds. The molecule has 0 saturated heterocycles. The zero-order valence-corrected chi connectivity index (χ0v) is 8.71. The van der Waals surface area contributed by atoms with E-state index in [4.69, 9.17) is 0 Å². The van der Waals surface area contributed by atoms with Crippen LogP contribution >= 0.6 is 0 Å². The van der Waals surface area contributed by atoms with Gasteiger partial charge in [0.1, 0.15) is 0 Å². The molecule has 0 heterocycles. The van der Waals surface area contributed by atoms with Crippen molar-refractivity contribution in [2.45, 2.75) is 19.3 Å². The van der Waals surface area contributed by atoms with E-state index >= 15 is 0 Å². The van der Waals surface area contributed by atoms with Crippen molar-refractivity contribution in [3.8, 4) is 0 Å². The van der Waals surface area contributed by atoms with Crippen molar-refractivity contribution in [2.24, 2.45) is 0 Å². The molecule has 0 fully saturated rings. The van der Waals surface area contributed by atoms with Crippen LogP contribution in [-0.2, 0) is 6.42 Å². The van der Waals surface area contributed by atoms with Crippen LogP contribution in [0, 0.1) is 0 Å². The fourth-order valence-electron chi connectivity index (χ4n) is 1.89. The van der Waals surface area contributed by atoms with Crippen molar-refractivity contribution in [3.63, 3.8) is 0 Å². The number of aryl methyl sites for hydroxylation is 1. The van der Waals surface area contributed by atoms with Gasteiger partial charge in [0.15, 0.2) is 5.78 Å². The van der Waals surface area contributed by atoms with E-state index < -0.39 is 0 Å². The molecular formula is C12H15NO. The zero-order valence-electron chi connectivity index (χ0n) is 8.71. The van der Waals surface area contributed by atoms with E-state index in [-0.39, 0.29) is 0 Å². The topological polar surface area (TPSA) is 20.3 Å². The van der Waals surface area contributed by atoms with Gasteiger partial charge >= 0.3 is 0 Å². The second-order valence-electron chi connectivity index (χ2n) is 4.01. The minimum Gasteiger partial charge on any atom is -0.378 e. The number of carbonyl (C=O) groups is 1. The fourth-order valence-corrected chi connectivity index (χ4v) is 1.89. The second-order valence-corrected chi connectivity index (χ2v) is 4.01. The summed E-state index contributed by atoms with van der Waals surface area (Å²) in [4.78, 5) is 13.7. The Kier molecular flexibility index (Phi) is 2.28. The summed E-state index contributed by atoms with van der Waals surface area (Å²) in [6.07, 6.45) is 2.77. The van der Waals surface area contributed by atoms with E-state index in [2.05, 4.69) is 12.1 Å². The highest BCUT2D eigenvalue weighted by Gasteiger charge is 2.17. The number of fused-ring (bicyclic) bond motifs is 1. The normalized spacial score (nSPS) is 15.1. The third-order valence-corrected chi connectivity index (χ3v) is 2.76. The smallest absolute Gasteiger partial charge is 0.163 e. The number of carbonyl (C=O) groups excluding carboxylic acids is 1. The molecule has 2 rings (SSSR count). The first-order valence-corrected chi connectivity index (χ1v) is 5.02. The van der Waals surface area contributed by atoms with Gasteiger partial charge in [-0.2, -0.15) is 0 Å². The lowest BCUT2D eigenvalue weighted by atomic mass is 9.90. The lowest BCUT2D eigenvalue weighted by molar-refractivity contribution is 0.0972. The summed E-state index contributed by atoms with van der Waals surface area (Å²) < 4.78 is 0. The molecule has 0 atom stereocenters. The minimum absolute atomic E-state index is 0.301. The Balaban J connectivity index is 2.46. The summed E-state index contributed by atoms with van der Waals surface area (Å²) in [6.45, 7) is 0. The van der Waals surface area contributed by atoms with Crippen molar-refractivity contribution in [3.05, 3.63) is 29.3 Å². The third-order valence-electron chi connectivity index (χ3n) is 2.76. The van der Waals surface area contributed by atoms with Crippen molar-refractivity contribution in [2.75, 3.05) is 19.0 Å². The molecule has 0 aromatic heterocycles. The summed E-state index contributed by atoms with van der Waals surface area (Å²) in [7, 11) is 3.99. The van der Waals surface area contributed by atoms with Crippen LogP contribution in [0.1, 0.15) is 28.8 Å². The van der Waals surface area contributed by atoms with Crippen LogP contribution in [0.4, 0.5) is 5.69 Å².